The fraction of sp³-hybridized carbons (Fsp3) is 0.267. The largest absolute Gasteiger partial charge is 0.507 e. The molecule has 0 saturated carbocycles. The zero-order valence-electron chi connectivity index (χ0n) is 21.6. The highest BCUT2D eigenvalue weighted by Gasteiger charge is 2.48. The number of unbranched alkanes of at least 4 members (excludes halogenated alkanes) is 2. The molecule has 1 amide bonds. The molecule has 0 aliphatic carbocycles. The third-order valence-corrected chi connectivity index (χ3v) is 7.61. The molecule has 0 bridgehead atoms. The molecule has 1 aliphatic rings. The van der Waals surface area contributed by atoms with E-state index in [1.54, 1.807) is 12.1 Å². The normalized spacial score (nSPS) is 16.9. The molecule has 1 atom stereocenters. The number of amides is 1. The number of thiazole rings is 1. The lowest BCUT2D eigenvalue weighted by Crippen LogP contribution is -2.29. The van der Waals surface area contributed by atoms with Crippen molar-refractivity contribution in [3.05, 3.63) is 88.8 Å². The van der Waals surface area contributed by atoms with E-state index in [-0.39, 0.29) is 11.3 Å². The zero-order chi connectivity index (χ0) is 26.8. The summed E-state index contributed by atoms with van der Waals surface area (Å²) in [6.45, 7) is 6.70. The van der Waals surface area contributed by atoms with Gasteiger partial charge in [-0.3, -0.25) is 19.5 Å². The Morgan fingerprint density at radius 2 is 1.87 bits per heavy atom. The number of hydrogen-bond donors (Lipinski definition) is 1. The summed E-state index contributed by atoms with van der Waals surface area (Å²) in [6, 6.07) is 13.8. The van der Waals surface area contributed by atoms with Gasteiger partial charge in [-0.1, -0.05) is 49.3 Å². The van der Waals surface area contributed by atoms with E-state index in [1.165, 1.54) is 28.6 Å². The number of nitrogens with zero attached hydrogens (tertiary/aromatic N) is 3. The van der Waals surface area contributed by atoms with Gasteiger partial charge in [-0.15, -0.1) is 0 Å². The van der Waals surface area contributed by atoms with E-state index in [2.05, 4.69) is 11.9 Å². The number of ether oxygens (including phenoxy) is 1. The second kappa shape index (κ2) is 10.8. The van der Waals surface area contributed by atoms with Crippen molar-refractivity contribution in [2.24, 2.45) is 0 Å². The molecule has 8 heteroatoms. The quantitative estimate of drug-likeness (QED) is 0.122. The van der Waals surface area contributed by atoms with E-state index in [9.17, 15) is 14.7 Å². The summed E-state index contributed by atoms with van der Waals surface area (Å²) in [5, 5.41) is 11.7. The number of carbonyl (C=O) groups excluding carboxylic acids is 2. The number of aliphatic hydroxyl groups excluding tert-OH is 1. The smallest absolute Gasteiger partial charge is 0.301 e. The number of anilines is 1. The van der Waals surface area contributed by atoms with Crippen molar-refractivity contribution in [3.8, 4) is 5.75 Å². The molecule has 0 radical (unpaired) electrons. The Hall–Kier alpha value is -4.04. The zero-order valence-corrected chi connectivity index (χ0v) is 22.4. The molecule has 1 unspecified atom stereocenters. The second-order valence-corrected chi connectivity index (χ2v) is 10.5. The Labute approximate surface area is 225 Å². The van der Waals surface area contributed by atoms with Crippen LogP contribution in [0.1, 0.15) is 54.5 Å². The highest BCUT2D eigenvalue weighted by atomic mass is 32.1. The highest BCUT2D eigenvalue weighted by Crippen LogP contribution is 2.45. The number of aryl methyl sites for hydroxylation is 2. The molecule has 2 aromatic carbocycles. The topological polar surface area (TPSA) is 92.6 Å². The van der Waals surface area contributed by atoms with Gasteiger partial charge in [0.1, 0.15) is 11.5 Å². The fourth-order valence-electron chi connectivity index (χ4n) is 4.79. The first kappa shape index (κ1) is 25.6. The lowest BCUT2D eigenvalue weighted by molar-refractivity contribution is -0.132. The molecule has 1 fully saturated rings. The van der Waals surface area contributed by atoms with Crippen molar-refractivity contribution in [2.75, 3.05) is 11.5 Å². The molecule has 0 spiro atoms. The van der Waals surface area contributed by atoms with E-state index in [0.29, 0.717) is 28.6 Å². The first-order chi connectivity index (χ1) is 18.4. The molecule has 194 valence electrons. The van der Waals surface area contributed by atoms with Crippen molar-refractivity contribution in [2.45, 2.75) is 46.1 Å². The molecular formula is C30H29N3O4S. The number of Topliss-reactive ketones (excluding diaryl/α,β-unsaturated/α-hetero) is 1. The Morgan fingerprint density at radius 3 is 2.63 bits per heavy atom. The Kier molecular flexibility index (Phi) is 7.24. The van der Waals surface area contributed by atoms with Gasteiger partial charge in [0.25, 0.3) is 5.78 Å². The minimum Gasteiger partial charge on any atom is -0.507 e. The SMILES string of the molecule is CCCCCOc1cccc(C2/C(=C(\O)c3ccncc3)C(=O)C(=O)N2c2nc3c(C)cc(C)cc3s2)c1. The second-order valence-electron chi connectivity index (χ2n) is 9.46. The maximum absolute atomic E-state index is 13.5. The number of aliphatic hydroxyl groups is 1. The van der Waals surface area contributed by atoms with Gasteiger partial charge in [0.2, 0.25) is 0 Å². The van der Waals surface area contributed by atoms with Gasteiger partial charge >= 0.3 is 5.91 Å². The van der Waals surface area contributed by atoms with Crippen LogP contribution in [0.4, 0.5) is 5.13 Å². The average molecular weight is 528 g/mol. The minimum absolute atomic E-state index is 0.0106. The summed E-state index contributed by atoms with van der Waals surface area (Å²) < 4.78 is 6.90. The third kappa shape index (κ3) is 4.79. The van der Waals surface area contributed by atoms with Crippen molar-refractivity contribution in [1.82, 2.24) is 9.97 Å². The van der Waals surface area contributed by atoms with Crippen molar-refractivity contribution < 1.29 is 19.4 Å². The van der Waals surface area contributed by atoms with E-state index < -0.39 is 17.7 Å². The molecule has 38 heavy (non-hydrogen) atoms. The minimum atomic E-state index is -0.871. The number of ketones is 1. The average Bonchev–Trinajstić information content (AvgIpc) is 3.45. The van der Waals surface area contributed by atoms with Gasteiger partial charge in [-0.25, -0.2) is 4.98 Å². The molecule has 5 rings (SSSR count). The number of hydrogen-bond acceptors (Lipinski definition) is 7. The summed E-state index contributed by atoms with van der Waals surface area (Å²) >= 11 is 1.36. The number of aromatic nitrogens is 2. The number of rotatable bonds is 8. The number of benzene rings is 2. The summed E-state index contributed by atoms with van der Waals surface area (Å²) in [6.07, 6.45) is 6.16. The summed E-state index contributed by atoms with van der Waals surface area (Å²) in [7, 11) is 0. The van der Waals surface area contributed by atoms with Crippen LogP contribution in [0.15, 0.2) is 66.5 Å². The van der Waals surface area contributed by atoms with Gasteiger partial charge in [0, 0.05) is 18.0 Å². The number of fused-ring (bicyclic) bond motifs is 1. The standard InChI is InChI=1S/C30H29N3O4S/c1-4-5-6-14-37-22-9-7-8-21(17-22)26-24(27(34)20-10-12-31-13-11-20)28(35)29(36)33(26)30-32-25-19(3)15-18(2)16-23(25)38-30/h7-13,15-17,26,34H,4-6,14H2,1-3H3/b27-24+. The van der Waals surface area contributed by atoms with Crippen LogP contribution in [0.5, 0.6) is 5.75 Å². The van der Waals surface area contributed by atoms with Crippen LogP contribution in [-0.4, -0.2) is 33.4 Å². The Balaban J connectivity index is 1.65. The maximum Gasteiger partial charge on any atom is 0.301 e. The molecule has 1 N–H and O–H groups in total. The molecule has 3 heterocycles. The van der Waals surface area contributed by atoms with Crippen molar-refractivity contribution in [3.63, 3.8) is 0 Å². The van der Waals surface area contributed by atoms with E-state index in [0.717, 1.165) is 40.6 Å². The number of carbonyl (C=O) groups is 2. The van der Waals surface area contributed by atoms with Gasteiger partial charge in [-0.05, 0) is 67.3 Å². The van der Waals surface area contributed by atoms with Gasteiger partial charge in [0.05, 0.1) is 28.4 Å². The predicted octanol–water partition coefficient (Wildman–Crippen LogP) is 6.50. The van der Waals surface area contributed by atoms with E-state index >= 15 is 0 Å². The van der Waals surface area contributed by atoms with E-state index in [4.69, 9.17) is 9.72 Å². The van der Waals surface area contributed by atoms with Gasteiger partial charge in [0.15, 0.2) is 5.13 Å². The summed E-state index contributed by atoms with van der Waals surface area (Å²) in [4.78, 5) is 37.2. The van der Waals surface area contributed by atoms with E-state index in [1.807, 2.05) is 50.2 Å². The summed E-state index contributed by atoms with van der Waals surface area (Å²) in [5.74, 6) is -1.09. The van der Waals surface area contributed by atoms with Crippen LogP contribution in [0, 0.1) is 13.8 Å². The monoisotopic (exact) mass is 527 g/mol. The Bertz CT molecular complexity index is 1540. The molecule has 2 aromatic heterocycles. The van der Waals surface area contributed by atoms with Crippen LogP contribution in [0.3, 0.4) is 0 Å². The lowest BCUT2D eigenvalue weighted by Gasteiger charge is -2.23. The predicted molar refractivity (Wildman–Crippen MR) is 150 cm³/mol. The van der Waals surface area contributed by atoms with Crippen molar-refractivity contribution in [1.29, 1.82) is 0 Å². The fourth-order valence-corrected chi connectivity index (χ4v) is 5.96. The molecule has 7 nitrogen and oxygen atoms in total. The van der Waals surface area contributed by atoms with Gasteiger partial charge in [-0.2, -0.15) is 0 Å². The first-order valence-electron chi connectivity index (χ1n) is 12.7. The molecule has 1 aliphatic heterocycles. The van der Waals surface area contributed by atoms with Crippen LogP contribution < -0.4 is 9.64 Å². The highest BCUT2D eigenvalue weighted by molar-refractivity contribution is 7.22. The van der Waals surface area contributed by atoms with Crippen LogP contribution >= 0.6 is 11.3 Å². The van der Waals surface area contributed by atoms with Gasteiger partial charge < -0.3 is 9.84 Å². The molecule has 4 aromatic rings. The van der Waals surface area contributed by atoms with Crippen molar-refractivity contribution >= 4 is 44.1 Å². The Morgan fingerprint density at radius 1 is 1.08 bits per heavy atom. The van der Waals surface area contributed by atoms with Crippen LogP contribution in [0.2, 0.25) is 0 Å². The maximum atomic E-state index is 13.5. The molecule has 1 saturated heterocycles. The third-order valence-electron chi connectivity index (χ3n) is 6.61. The van der Waals surface area contributed by atoms with Crippen LogP contribution in [0.25, 0.3) is 16.0 Å². The molecular weight excluding hydrogens is 498 g/mol. The number of pyridine rings is 1. The first-order valence-corrected chi connectivity index (χ1v) is 13.5. The lowest BCUT2D eigenvalue weighted by atomic mass is 9.95. The summed E-state index contributed by atoms with van der Waals surface area (Å²) in [5.41, 5.74) is 3.95. The van der Waals surface area contributed by atoms with Crippen LogP contribution in [-0.2, 0) is 9.59 Å².